The molecule has 2 aromatic rings. The van der Waals surface area contributed by atoms with E-state index >= 15 is 0 Å². The molecule has 0 N–H and O–H groups in total. The molecule has 0 bridgehead atoms. The van der Waals surface area contributed by atoms with Gasteiger partial charge in [0, 0.05) is 5.56 Å². The van der Waals surface area contributed by atoms with Crippen molar-refractivity contribution in [3.8, 4) is 0 Å². The number of hydrogen-bond acceptors (Lipinski definition) is 2. The van der Waals surface area contributed by atoms with Gasteiger partial charge in [-0.2, -0.15) is 13.2 Å². The smallest absolute Gasteiger partial charge is 0.293 e. The fraction of sp³-hybridized carbons (Fsp3) is 0.125. The van der Waals surface area contributed by atoms with Gasteiger partial charge in [-0.05, 0) is 5.56 Å². The van der Waals surface area contributed by atoms with Crippen LogP contribution in [0.2, 0.25) is 0 Å². The molecule has 2 aromatic carbocycles. The summed E-state index contributed by atoms with van der Waals surface area (Å²) in [5.41, 5.74) is 0.109. The topological polar surface area (TPSA) is 34.1 Å². The van der Waals surface area contributed by atoms with Crippen molar-refractivity contribution in [3.05, 3.63) is 71.8 Å². The Morgan fingerprint density at radius 2 is 1.29 bits per heavy atom. The van der Waals surface area contributed by atoms with Gasteiger partial charge in [0.25, 0.3) is 5.78 Å². The van der Waals surface area contributed by atoms with Gasteiger partial charge in [-0.25, -0.2) is 0 Å². The first-order valence-electron chi connectivity index (χ1n) is 6.16. The molecular weight excluding hydrogens is 281 g/mol. The lowest BCUT2D eigenvalue weighted by molar-refractivity contribution is -0.171. The third-order valence-electron chi connectivity index (χ3n) is 2.99. The van der Waals surface area contributed by atoms with Gasteiger partial charge in [0.1, 0.15) is 5.92 Å². The summed E-state index contributed by atoms with van der Waals surface area (Å²) in [6.07, 6.45) is -5.06. The van der Waals surface area contributed by atoms with E-state index in [4.69, 9.17) is 0 Å². The van der Waals surface area contributed by atoms with Gasteiger partial charge in [0.15, 0.2) is 5.78 Å². The van der Waals surface area contributed by atoms with Crippen molar-refractivity contribution >= 4 is 11.6 Å². The average Bonchev–Trinajstić information content (AvgIpc) is 2.48. The molecule has 2 rings (SSSR count). The van der Waals surface area contributed by atoms with E-state index in [-0.39, 0.29) is 11.1 Å². The van der Waals surface area contributed by atoms with Crippen LogP contribution in [0.1, 0.15) is 21.8 Å². The van der Waals surface area contributed by atoms with E-state index in [1.807, 2.05) is 0 Å². The predicted octanol–water partition coefficient (Wildman–Crippen LogP) is 3.78. The molecule has 0 fully saturated rings. The lowest BCUT2D eigenvalue weighted by Crippen LogP contribution is -2.33. The Morgan fingerprint density at radius 3 is 1.76 bits per heavy atom. The number of rotatable bonds is 4. The maximum absolute atomic E-state index is 12.8. The standard InChI is InChI=1S/C16H11F3O2/c17-16(18,19)15(21)13(11-7-3-1-4-8-11)14(20)12-9-5-2-6-10-12/h1-10,13H. The Balaban J connectivity index is 2.47. The number of alkyl halides is 3. The van der Waals surface area contributed by atoms with Crippen LogP contribution in [0.15, 0.2) is 60.7 Å². The van der Waals surface area contributed by atoms with Crippen molar-refractivity contribution in [1.29, 1.82) is 0 Å². The molecule has 0 spiro atoms. The lowest BCUT2D eigenvalue weighted by Gasteiger charge is -2.17. The highest BCUT2D eigenvalue weighted by Gasteiger charge is 2.46. The molecule has 1 atom stereocenters. The second-order valence-electron chi connectivity index (χ2n) is 4.44. The van der Waals surface area contributed by atoms with Crippen LogP contribution in [0.3, 0.4) is 0 Å². The van der Waals surface area contributed by atoms with Gasteiger partial charge in [0.05, 0.1) is 0 Å². The van der Waals surface area contributed by atoms with Crippen LogP contribution >= 0.6 is 0 Å². The maximum Gasteiger partial charge on any atom is 0.451 e. The summed E-state index contributed by atoms with van der Waals surface area (Å²) in [6, 6.07) is 14.8. The quantitative estimate of drug-likeness (QED) is 0.634. The van der Waals surface area contributed by atoms with Crippen molar-refractivity contribution in [1.82, 2.24) is 0 Å². The highest BCUT2D eigenvalue weighted by molar-refractivity contribution is 6.16. The van der Waals surface area contributed by atoms with Crippen LogP contribution in [0.5, 0.6) is 0 Å². The molecule has 2 nitrogen and oxygen atoms in total. The van der Waals surface area contributed by atoms with E-state index < -0.39 is 23.7 Å². The largest absolute Gasteiger partial charge is 0.451 e. The number of halogens is 3. The molecule has 0 saturated heterocycles. The zero-order chi connectivity index (χ0) is 15.5. The summed E-state index contributed by atoms with van der Waals surface area (Å²) in [7, 11) is 0. The zero-order valence-corrected chi connectivity index (χ0v) is 10.8. The molecule has 0 heterocycles. The molecule has 0 aliphatic rings. The fourth-order valence-electron chi connectivity index (χ4n) is 2.00. The van der Waals surface area contributed by atoms with Gasteiger partial charge >= 0.3 is 6.18 Å². The Kier molecular flexibility index (Phi) is 4.21. The van der Waals surface area contributed by atoms with E-state index in [0.717, 1.165) is 0 Å². The molecule has 0 amide bonds. The summed E-state index contributed by atoms with van der Waals surface area (Å²) in [5, 5.41) is 0. The molecule has 0 aliphatic heterocycles. The molecule has 5 heteroatoms. The van der Waals surface area contributed by atoms with Crippen molar-refractivity contribution < 1.29 is 22.8 Å². The first kappa shape index (κ1) is 15.0. The van der Waals surface area contributed by atoms with Gasteiger partial charge in [-0.3, -0.25) is 9.59 Å². The Hall–Kier alpha value is -2.43. The summed E-state index contributed by atoms with van der Waals surface area (Å²) in [4.78, 5) is 23.9. The summed E-state index contributed by atoms with van der Waals surface area (Å²) >= 11 is 0. The zero-order valence-electron chi connectivity index (χ0n) is 10.8. The second-order valence-corrected chi connectivity index (χ2v) is 4.44. The fourth-order valence-corrected chi connectivity index (χ4v) is 2.00. The van der Waals surface area contributed by atoms with Crippen LogP contribution in [0, 0.1) is 0 Å². The number of carbonyl (C=O) groups is 2. The SMILES string of the molecule is O=C(c1ccccc1)C(C(=O)C(F)(F)F)c1ccccc1. The summed E-state index contributed by atoms with van der Waals surface area (Å²) in [6.45, 7) is 0. The first-order valence-corrected chi connectivity index (χ1v) is 6.16. The van der Waals surface area contributed by atoms with E-state index in [1.165, 1.54) is 48.5 Å². The van der Waals surface area contributed by atoms with Gasteiger partial charge < -0.3 is 0 Å². The third-order valence-corrected chi connectivity index (χ3v) is 2.99. The van der Waals surface area contributed by atoms with Crippen LogP contribution in [0.4, 0.5) is 13.2 Å². The number of ketones is 2. The Labute approximate surface area is 119 Å². The molecule has 0 saturated carbocycles. The molecule has 0 aliphatic carbocycles. The third kappa shape index (κ3) is 3.37. The van der Waals surface area contributed by atoms with Gasteiger partial charge in [-0.1, -0.05) is 60.7 Å². The second kappa shape index (κ2) is 5.91. The minimum Gasteiger partial charge on any atom is -0.293 e. The van der Waals surface area contributed by atoms with E-state index in [1.54, 1.807) is 12.1 Å². The maximum atomic E-state index is 12.8. The molecule has 0 radical (unpaired) electrons. The minimum atomic E-state index is -5.06. The number of benzene rings is 2. The summed E-state index contributed by atoms with van der Waals surface area (Å²) in [5.74, 6) is -4.78. The lowest BCUT2D eigenvalue weighted by atomic mass is 9.87. The number of Topliss-reactive ketones (excluding diaryl/α,β-unsaturated/α-hetero) is 2. The van der Waals surface area contributed by atoms with Crippen LogP contribution in [-0.4, -0.2) is 17.7 Å². The summed E-state index contributed by atoms with van der Waals surface area (Å²) < 4.78 is 38.3. The predicted molar refractivity (Wildman–Crippen MR) is 71.0 cm³/mol. The van der Waals surface area contributed by atoms with E-state index in [9.17, 15) is 22.8 Å². The first-order chi connectivity index (χ1) is 9.91. The molecule has 1 unspecified atom stereocenters. The van der Waals surface area contributed by atoms with Crippen LogP contribution in [0.25, 0.3) is 0 Å². The van der Waals surface area contributed by atoms with Crippen molar-refractivity contribution in [2.24, 2.45) is 0 Å². The minimum absolute atomic E-state index is 0.0358. The highest BCUT2D eigenvalue weighted by Crippen LogP contribution is 2.30. The normalized spacial score (nSPS) is 12.7. The molecule has 21 heavy (non-hydrogen) atoms. The monoisotopic (exact) mass is 292 g/mol. The van der Waals surface area contributed by atoms with E-state index in [2.05, 4.69) is 0 Å². The van der Waals surface area contributed by atoms with Crippen molar-refractivity contribution in [2.45, 2.75) is 12.1 Å². The molecule has 0 aromatic heterocycles. The average molecular weight is 292 g/mol. The van der Waals surface area contributed by atoms with Gasteiger partial charge in [0.2, 0.25) is 0 Å². The molecule has 108 valence electrons. The van der Waals surface area contributed by atoms with Crippen molar-refractivity contribution in [2.75, 3.05) is 0 Å². The Bertz CT molecular complexity index is 634. The van der Waals surface area contributed by atoms with Crippen LogP contribution in [-0.2, 0) is 4.79 Å². The van der Waals surface area contributed by atoms with E-state index in [0.29, 0.717) is 0 Å². The molecular formula is C16H11F3O2. The number of carbonyl (C=O) groups excluding carboxylic acids is 2. The Morgan fingerprint density at radius 1 is 0.810 bits per heavy atom. The van der Waals surface area contributed by atoms with Gasteiger partial charge in [-0.15, -0.1) is 0 Å². The highest BCUT2D eigenvalue weighted by atomic mass is 19.4. The number of hydrogen-bond donors (Lipinski definition) is 0. The van der Waals surface area contributed by atoms with Crippen molar-refractivity contribution in [3.63, 3.8) is 0 Å². The van der Waals surface area contributed by atoms with Crippen LogP contribution < -0.4 is 0 Å².